The lowest BCUT2D eigenvalue weighted by molar-refractivity contribution is -0.138. The standard InChI is InChI=1S/C16H31N3O2/c1-5-6-9-18-14(20)12-7-10-19(11-8-12)15(21)13(17)16(2,3)4/h12-13H,5-11,17H2,1-4H3,(H,18,20)/t13-/m1/s1. The van der Waals surface area contributed by atoms with Crippen molar-refractivity contribution in [3.05, 3.63) is 0 Å². The molecule has 2 amide bonds. The van der Waals surface area contributed by atoms with E-state index in [2.05, 4.69) is 12.2 Å². The molecule has 0 saturated carbocycles. The van der Waals surface area contributed by atoms with Gasteiger partial charge in [-0.15, -0.1) is 0 Å². The average molecular weight is 297 g/mol. The van der Waals surface area contributed by atoms with Crippen LogP contribution in [0.2, 0.25) is 0 Å². The molecule has 1 aliphatic rings. The number of hydrogen-bond acceptors (Lipinski definition) is 3. The Labute approximate surface area is 128 Å². The van der Waals surface area contributed by atoms with Crippen molar-refractivity contribution in [2.75, 3.05) is 19.6 Å². The fourth-order valence-corrected chi connectivity index (χ4v) is 2.46. The van der Waals surface area contributed by atoms with Crippen molar-refractivity contribution in [2.45, 2.75) is 59.4 Å². The predicted octanol–water partition coefficient (Wildman–Crippen LogP) is 1.51. The number of carbonyl (C=O) groups excluding carboxylic acids is 2. The quantitative estimate of drug-likeness (QED) is 0.755. The van der Waals surface area contributed by atoms with Crippen LogP contribution in [-0.4, -0.2) is 42.4 Å². The van der Waals surface area contributed by atoms with E-state index in [9.17, 15) is 9.59 Å². The summed E-state index contributed by atoms with van der Waals surface area (Å²) >= 11 is 0. The third-order valence-corrected chi connectivity index (χ3v) is 4.21. The van der Waals surface area contributed by atoms with Gasteiger partial charge in [0.2, 0.25) is 11.8 Å². The fraction of sp³-hybridized carbons (Fsp3) is 0.875. The first-order valence-electron chi connectivity index (χ1n) is 8.09. The van der Waals surface area contributed by atoms with Crippen molar-refractivity contribution < 1.29 is 9.59 Å². The predicted molar refractivity (Wildman–Crippen MR) is 84.7 cm³/mol. The molecule has 1 saturated heterocycles. The first-order valence-corrected chi connectivity index (χ1v) is 8.09. The molecular formula is C16H31N3O2. The zero-order chi connectivity index (χ0) is 16.0. The van der Waals surface area contributed by atoms with Gasteiger partial charge in [0.05, 0.1) is 6.04 Å². The van der Waals surface area contributed by atoms with Crippen LogP contribution in [0.3, 0.4) is 0 Å². The van der Waals surface area contributed by atoms with Crippen LogP contribution >= 0.6 is 0 Å². The van der Waals surface area contributed by atoms with Gasteiger partial charge in [-0.2, -0.15) is 0 Å². The van der Waals surface area contributed by atoms with Crippen molar-refractivity contribution >= 4 is 11.8 Å². The number of unbranched alkanes of at least 4 members (excludes halogenated alkanes) is 1. The maximum absolute atomic E-state index is 12.3. The molecule has 3 N–H and O–H groups in total. The smallest absolute Gasteiger partial charge is 0.240 e. The summed E-state index contributed by atoms with van der Waals surface area (Å²) in [5.41, 5.74) is 5.80. The van der Waals surface area contributed by atoms with Crippen molar-refractivity contribution in [3.8, 4) is 0 Å². The molecule has 1 atom stereocenters. The third-order valence-electron chi connectivity index (χ3n) is 4.21. The summed E-state index contributed by atoms with van der Waals surface area (Å²) in [6.07, 6.45) is 3.57. The molecule has 0 radical (unpaired) electrons. The minimum absolute atomic E-state index is 0.00680. The molecule has 122 valence electrons. The molecule has 0 spiro atoms. The Kier molecular flexibility index (Phi) is 6.65. The number of piperidine rings is 1. The Morgan fingerprint density at radius 3 is 2.33 bits per heavy atom. The lowest BCUT2D eigenvalue weighted by Crippen LogP contribution is -2.53. The van der Waals surface area contributed by atoms with E-state index in [1.807, 2.05) is 25.7 Å². The van der Waals surface area contributed by atoms with Crippen LogP contribution in [0.15, 0.2) is 0 Å². The average Bonchev–Trinajstić information content (AvgIpc) is 2.45. The maximum Gasteiger partial charge on any atom is 0.240 e. The number of rotatable bonds is 5. The van der Waals surface area contributed by atoms with Gasteiger partial charge in [-0.3, -0.25) is 9.59 Å². The highest BCUT2D eigenvalue weighted by molar-refractivity contribution is 5.83. The number of nitrogens with one attached hydrogen (secondary N) is 1. The van der Waals surface area contributed by atoms with Crippen LogP contribution in [0.4, 0.5) is 0 Å². The molecular weight excluding hydrogens is 266 g/mol. The highest BCUT2D eigenvalue weighted by Gasteiger charge is 2.34. The number of hydrogen-bond donors (Lipinski definition) is 2. The lowest BCUT2D eigenvalue weighted by Gasteiger charge is -2.36. The minimum Gasteiger partial charge on any atom is -0.356 e. The van der Waals surface area contributed by atoms with Crippen LogP contribution < -0.4 is 11.1 Å². The molecule has 1 fully saturated rings. The summed E-state index contributed by atoms with van der Waals surface area (Å²) < 4.78 is 0. The van der Waals surface area contributed by atoms with Crippen LogP contribution in [0.25, 0.3) is 0 Å². The van der Waals surface area contributed by atoms with Crippen LogP contribution in [0.1, 0.15) is 53.4 Å². The number of amides is 2. The van der Waals surface area contributed by atoms with E-state index < -0.39 is 6.04 Å². The number of carbonyl (C=O) groups is 2. The minimum atomic E-state index is -0.479. The van der Waals surface area contributed by atoms with Gasteiger partial charge in [-0.1, -0.05) is 34.1 Å². The molecule has 0 aromatic rings. The second-order valence-electron chi connectivity index (χ2n) is 7.09. The topological polar surface area (TPSA) is 75.4 Å². The van der Waals surface area contributed by atoms with Gasteiger partial charge in [0.15, 0.2) is 0 Å². The second kappa shape index (κ2) is 7.78. The molecule has 0 bridgehead atoms. The first-order chi connectivity index (χ1) is 9.77. The van der Waals surface area contributed by atoms with Crippen molar-refractivity contribution in [3.63, 3.8) is 0 Å². The Balaban J connectivity index is 2.41. The second-order valence-corrected chi connectivity index (χ2v) is 7.09. The molecule has 5 heteroatoms. The van der Waals surface area contributed by atoms with E-state index in [-0.39, 0.29) is 23.1 Å². The number of nitrogens with two attached hydrogens (primary N) is 1. The van der Waals surface area contributed by atoms with Gasteiger partial charge in [-0.05, 0) is 24.7 Å². The molecule has 1 rings (SSSR count). The SMILES string of the molecule is CCCCNC(=O)C1CCN(C(=O)[C@@H](N)C(C)(C)C)CC1. The molecule has 1 heterocycles. The van der Waals surface area contributed by atoms with Gasteiger partial charge < -0.3 is 16.0 Å². The molecule has 0 unspecified atom stereocenters. The zero-order valence-electron chi connectivity index (χ0n) is 13.9. The summed E-state index contributed by atoms with van der Waals surface area (Å²) in [6, 6.07) is -0.479. The van der Waals surface area contributed by atoms with Crippen molar-refractivity contribution in [1.82, 2.24) is 10.2 Å². The number of likely N-dealkylation sites (tertiary alicyclic amines) is 1. The van der Waals surface area contributed by atoms with Crippen LogP contribution in [-0.2, 0) is 9.59 Å². The Hall–Kier alpha value is -1.10. The summed E-state index contributed by atoms with van der Waals surface area (Å²) in [5, 5.41) is 2.98. The molecule has 0 aromatic carbocycles. The molecule has 21 heavy (non-hydrogen) atoms. The highest BCUT2D eigenvalue weighted by atomic mass is 16.2. The van der Waals surface area contributed by atoms with E-state index in [1.165, 1.54) is 0 Å². The lowest BCUT2D eigenvalue weighted by atomic mass is 9.85. The third kappa shape index (κ3) is 5.30. The van der Waals surface area contributed by atoms with Crippen molar-refractivity contribution in [1.29, 1.82) is 0 Å². The van der Waals surface area contributed by atoms with Gasteiger partial charge in [-0.25, -0.2) is 0 Å². The fourth-order valence-electron chi connectivity index (χ4n) is 2.46. The highest BCUT2D eigenvalue weighted by Crippen LogP contribution is 2.23. The number of nitrogens with zero attached hydrogens (tertiary/aromatic N) is 1. The molecule has 5 nitrogen and oxygen atoms in total. The summed E-state index contributed by atoms with van der Waals surface area (Å²) in [6.45, 7) is 10.1. The maximum atomic E-state index is 12.3. The summed E-state index contributed by atoms with van der Waals surface area (Å²) in [4.78, 5) is 26.1. The van der Waals surface area contributed by atoms with E-state index in [0.717, 1.165) is 32.2 Å². The molecule has 1 aliphatic heterocycles. The molecule has 0 aliphatic carbocycles. The molecule has 0 aromatic heterocycles. The Morgan fingerprint density at radius 1 is 1.29 bits per heavy atom. The van der Waals surface area contributed by atoms with E-state index in [1.54, 1.807) is 0 Å². The van der Waals surface area contributed by atoms with Gasteiger partial charge in [0.1, 0.15) is 0 Å². The van der Waals surface area contributed by atoms with Gasteiger partial charge in [0.25, 0.3) is 0 Å². The summed E-state index contributed by atoms with van der Waals surface area (Å²) in [7, 11) is 0. The van der Waals surface area contributed by atoms with Gasteiger partial charge >= 0.3 is 0 Å². The normalized spacial score (nSPS) is 18.4. The van der Waals surface area contributed by atoms with Crippen LogP contribution in [0.5, 0.6) is 0 Å². The van der Waals surface area contributed by atoms with Crippen molar-refractivity contribution in [2.24, 2.45) is 17.1 Å². The van der Waals surface area contributed by atoms with E-state index in [4.69, 9.17) is 5.73 Å². The first kappa shape index (κ1) is 18.0. The van der Waals surface area contributed by atoms with Crippen LogP contribution in [0, 0.1) is 11.3 Å². The Morgan fingerprint density at radius 2 is 1.86 bits per heavy atom. The zero-order valence-corrected chi connectivity index (χ0v) is 13.9. The van der Waals surface area contributed by atoms with E-state index >= 15 is 0 Å². The Bertz CT molecular complexity index is 355. The summed E-state index contributed by atoms with van der Waals surface area (Å²) in [5.74, 6) is 0.180. The monoisotopic (exact) mass is 297 g/mol. The largest absolute Gasteiger partial charge is 0.356 e. The van der Waals surface area contributed by atoms with Gasteiger partial charge in [0, 0.05) is 25.6 Å². The van der Waals surface area contributed by atoms with E-state index in [0.29, 0.717) is 13.1 Å².